The van der Waals surface area contributed by atoms with E-state index in [9.17, 15) is 0 Å². The molecule has 30 rings (SSSR count). The first-order valence-electron chi connectivity index (χ1n) is 51.6. The first-order valence-corrected chi connectivity index (χ1v) is 51.6. The van der Waals surface area contributed by atoms with Crippen molar-refractivity contribution >= 4 is 131 Å². The monoisotopic (exact) mass is 1910 g/mol. The van der Waals surface area contributed by atoms with E-state index < -0.39 is 0 Å². The van der Waals surface area contributed by atoms with Gasteiger partial charge in [-0.2, -0.15) is 0 Å². The quantitative estimate of drug-likeness (QED) is 0.0979. The van der Waals surface area contributed by atoms with Gasteiger partial charge < -0.3 is 27.4 Å². The van der Waals surface area contributed by atoms with Crippen LogP contribution in [-0.4, -0.2) is 27.4 Å². The van der Waals surface area contributed by atoms with E-state index in [-0.39, 0.29) is 0 Å². The zero-order valence-electron chi connectivity index (χ0n) is 82.1. The van der Waals surface area contributed by atoms with Gasteiger partial charge in [0.2, 0.25) is 0 Å². The van der Waals surface area contributed by atoms with Crippen LogP contribution < -0.4 is 0 Å². The third-order valence-corrected chi connectivity index (χ3v) is 30.3. The average Bonchev–Trinajstić information content (AvgIpc) is 1.58. The van der Waals surface area contributed by atoms with Crippen molar-refractivity contribution < 1.29 is 0 Å². The maximum atomic E-state index is 2.43. The molecule has 0 bridgehead atoms. The van der Waals surface area contributed by atoms with Crippen LogP contribution in [0.4, 0.5) is 0 Å². The third kappa shape index (κ3) is 15.4. The Labute approximate surface area is 868 Å². The zero-order valence-corrected chi connectivity index (χ0v) is 82.1. The van der Waals surface area contributed by atoms with Gasteiger partial charge in [0, 0.05) is 98.8 Å². The molecule has 0 fully saturated rings. The Morgan fingerprint density at radius 3 is 0.553 bits per heavy atom. The van der Waals surface area contributed by atoms with Crippen LogP contribution in [-0.2, 0) is 0 Å². The van der Waals surface area contributed by atoms with E-state index in [0.717, 1.165) is 22.7 Å². The van der Waals surface area contributed by atoms with Gasteiger partial charge in [0.25, 0.3) is 0 Å². The fourth-order valence-corrected chi connectivity index (χ4v) is 23.4. The maximum absolute atomic E-state index is 2.43. The number of fused-ring (bicyclic) bond motifs is 18. The van der Waals surface area contributed by atoms with E-state index in [2.05, 4.69) is 610 Å². The second-order valence-electron chi connectivity index (χ2n) is 38.9. The molecule has 6 nitrogen and oxygen atoms in total. The lowest BCUT2D eigenvalue weighted by Crippen LogP contribution is -1.96. The molecule has 6 aromatic heterocycles. The molecule has 30 aromatic rings. The smallest absolute Gasteiger partial charge is 0.0547 e. The number of nitrogens with zero attached hydrogens (tertiary/aromatic N) is 6. The number of rotatable bonds is 15. The first kappa shape index (κ1) is 87.8. The van der Waals surface area contributed by atoms with Crippen LogP contribution in [0.1, 0.15) is 0 Å². The molecule has 0 unspecified atom stereocenters. The fourth-order valence-electron chi connectivity index (χ4n) is 23.4. The summed E-state index contributed by atoms with van der Waals surface area (Å²) in [6.07, 6.45) is 0. The Balaban J connectivity index is 0.000000108. The number of benzene rings is 24. The molecule has 0 aliphatic heterocycles. The van der Waals surface area contributed by atoms with Crippen molar-refractivity contribution in [2.45, 2.75) is 0 Å². The van der Waals surface area contributed by atoms with E-state index >= 15 is 0 Å². The van der Waals surface area contributed by atoms with Gasteiger partial charge >= 0.3 is 0 Å². The maximum Gasteiger partial charge on any atom is 0.0547 e. The summed E-state index contributed by atoms with van der Waals surface area (Å²) < 4.78 is 14.4. The van der Waals surface area contributed by atoms with Crippen molar-refractivity contribution in [2.75, 3.05) is 0 Å². The molecule has 0 spiro atoms. The molecule has 0 radical (unpaired) electrons. The van der Waals surface area contributed by atoms with Crippen molar-refractivity contribution in [1.82, 2.24) is 27.4 Å². The lowest BCUT2D eigenvalue weighted by molar-refractivity contribution is 1.18. The van der Waals surface area contributed by atoms with Gasteiger partial charge in [-0.3, -0.25) is 0 Å². The summed E-state index contributed by atoms with van der Waals surface area (Å²) in [5, 5.41) is 15.1. The summed E-state index contributed by atoms with van der Waals surface area (Å²) in [6, 6.07) is 211. The average molecular weight is 1910 g/mol. The van der Waals surface area contributed by atoms with Crippen LogP contribution in [0, 0.1) is 0 Å². The molecule has 0 N–H and O–H groups in total. The highest BCUT2D eigenvalue weighted by Gasteiger charge is 2.25. The molecule has 0 saturated carbocycles. The third-order valence-electron chi connectivity index (χ3n) is 30.3. The lowest BCUT2D eigenvalue weighted by Gasteiger charge is -2.14. The van der Waals surface area contributed by atoms with Gasteiger partial charge in [-0.05, 0) is 288 Å². The van der Waals surface area contributed by atoms with Crippen molar-refractivity contribution in [3.05, 3.63) is 582 Å². The minimum Gasteiger partial charge on any atom is -0.309 e. The van der Waals surface area contributed by atoms with E-state index in [0.29, 0.717) is 0 Å². The summed E-state index contributed by atoms with van der Waals surface area (Å²) in [5.41, 5.74) is 43.3. The minimum absolute atomic E-state index is 1.15. The first-order chi connectivity index (χ1) is 74.4. The Morgan fingerprint density at radius 1 is 0.0867 bits per heavy atom. The summed E-state index contributed by atoms with van der Waals surface area (Å²) in [6.45, 7) is 0. The van der Waals surface area contributed by atoms with Crippen molar-refractivity contribution in [1.29, 1.82) is 0 Å². The SMILES string of the molecule is c1ccc(-c2cc(-c3ccccc3)cc(-n3c4ccccc4c4cc(-c5ccc6c(c5)c5ccccc5n6-c5ccccc5)ccc43)c2)cc1.c1ccc(-c2ccc(-n3c4ccc(-c5ccc6c(c5)c5ccccc5n6-c5ccccc5)cc4c4c(-c5ccccc5)cccc43)cc2)cc1.c1ccc(-c2ccc(-n3c4ccccc4c4cc(-c5ccc6c(c5)c5c(-c7ccccc7)cccc5n6-c5ccccc5)ccc43)cc2)cc1. The van der Waals surface area contributed by atoms with Crippen LogP contribution in [0.15, 0.2) is 582 Å². The number of aromatic nitrogens is 6. The van der Waals surface area contributed by atoms with Crippen LogP contribution in [0.25, 0.3) is 265 Å². The van der Waals surface area contributed by atoms with Crippen LogP contribution in [0.5, 0.6) is 0 Å². The Morgan fingerprint density at radius 2 is 0.273 bits per heavy atom. The summed E-state index contributed by atoms with van der Waals surface area (Å²) in [4.78, 5) is 0. The highest BCUT2D eigenvalue weighted by Crippen LogP contribution is 2.48. The highest BCUT2D eigenvalue weighted by atomic mass is 15.0. The fraction of sp³-hybridized carbons (Fsp3) is 0. The van der Waals surface area contributed by atoms with Crippen molar-refractivity contribution in [2.24, 2.45) is 0 Å². The van der Waals surface area contributed by atoms with Gasteiger partial charge in [0.05, 0.1) is 66.2 Å². The molecule has 0 aliphatic carbocycles. The molecule has 0 atom stereocenters. The lowest BCUT2D eigenvalue weighted by atomic mass is 9.97. The minimum atomic E-state index is 1.15. The molecule has 24 aromatic carbocycles. The molecule has 6 heteroatoms. The van der Waals surface area contributed by atoms with Crippen LogP contribution in [0.3, 0.4) is 0 Å². The number of hydrogen-bond donors (Lipinski definition) is 0. The molecule has 150 heavy (non-hydrogen) atoms. The summed E-state index contributed by atoms with van der Waals surface area (Å²) in [7, 11) is 0. The van der Waals surface area contributed by atoms with Gasteiger partial charge in [-0.25, -0.2) is 0 Å². The molecular weight excluding hydrogens is 1810 g/mol. The van der Waals surface area contributed by atoms with Gasteiger partial charge in [0.1, 0.15) is 0 Å². The van der Waals surface area contributed by atoms with E-state index in [4.69, 9.17) is 0 Å². The molecule has 0 saturated heterocycles. The normalized spacial score (nSPS) is 11.6. The molecule has 6 heterocycles. The zero-order chi connectivity index (χ0) is 99.1. The standard InChI is InChI=1S/3C48H32N2/c1-4-14-33(15-5-1)37-28-38(34-16-6-2-7-17-34)30-40(29-37)50-46-23-13-11-21-42(46)44-32-36(25-27-48(44)50)35-24-26-47-43(31-35)41-20-10-12-22-45(41)49(47)39-18-8-3-9-19-39;1-4-13-33(14-5-1)34-23-27-39(28-24-34)49-44-21-11-10-19-41(44)42-31-36(25-29-45(42)49)37-26-30-46-43(32-37)48-40(35-15-6-2-7-16-35)20-12-22-47(48)50(46)38-17-8-3-9-18-38;1-4-13-33(14-5-1)34-23-27-39(28-24-34)50-46-30-26-37(32-43(46)48-40(20-12-22-47(48)50)35-15-6-2-7-16-35)36-25-29-45-42(31-36)41-19-10-11-21-44(41)49(45)38-17-8-3-9-18-38/h3*1-32H. The molecular formula is C144H96N6. The van der Waals surface area contributed by atoms with Gasteiger partial charge in [-0.1, -0.05) is 394 Å². The largest absolute Gasteiger partial charge is 0.309 e. The van der Waals surface area contributed by atoms with E-state index in [1.54, 1.807) is 0 Å². The van der Waals surface area contributed by atoms with Crippen LogP contribution in [0.2, 0.25) is 0 Å². The van der Waals surface area contributed by atoms with E-state index in [1.165, 1.54) is 242 Å². The second kappa shape index (κ2) is 37.4. The topological polar surface area (TPSA) is 29.6 Å². The molecule has 0 aliphatic rings. The summed E-state index contributed by atoms with van der Waals surface area (Å²) in [5.74, 6) is 0. The predicted octanol–water partition coefficient (Wildman–Crippen LogP) is 38.6. The number of hydrogen-bond acceptors (Lipinski definition) is 0. The number of para-hydroxylation sites is 7. The predicted molar refractivity (Wildman–Crippen MR) is 634 cm³/mol. The summed E-state index contributed by atoms with van der Waals surface area (Å²) >= 11 is 0. The highest BCUT2D eigenvalue weighted by molar-refractivity contribution is 6.21. The van der Waals surface area contributed by atoms with Crippen LogP contribution >= 0.6 is 0 Å². The van der Waals surface area contributed by atoms with Crippen molar-refractivity contribution in [3.63, 3.8) is 0 Å². The van der Waals surface area contributed by atoms with Gasteiger partial charge in [0.15, 0.2) is 0 Å². The Bertz CT molecular complexity index is 10300. The molecule has 702 valence electrons. The van der Waals surface area contributed by atoms with Crippen molar-refractivity contribution in [3.8, 4) is 134 Å². The molecule has 0 amide bonds. The van der Waals surface area contributed by atoms with Gasteiger partial charge in [-0.15, -0.1) is 0 Å². The Kier molecular flexibility index (Phi) is 21.9. The Hall–Kier alpha value is -19.9. The second-order valence-corrected chi connectivity index (χ2v) is 38.9. The van der Waals surface area contributed by atoms with E-state index in [1.807, 2.05) is 0 Å².